The van der Waals surface area contributed by atoms with Crippen LogP contribution < -0.4 is 15.4 Å². The highest BCUT2D eigenvalue weighted by Gasteiger charge is 2.29. The van der Waals surface area contributed by atoms with Crippen molar-refractivity contribution >= 4 is 5.96 Å². The second-order valence-corrected chi connectivity index (χ2v) is 5.67. The van der Waals surface area contributed by atoms with Crippen LogP contribution in [-0.2, 0) is 6.54 Å². The second-order valence-electron chi connectivity index (χ2n) is 5.67. The third-order valence-corrected chi connectivity index (χ3v) is 2.39. The highest BCUT2D eigenvalue weighted by molar-refractivity contribution is 5.80. The summed E-state index contributed by atoms with van der Waals surface area (Å²) in [5, 5.41) is 6.17. The summed E-state index contributed by atoms with van der Waals surface area (Å²) in [5.74, 6) is 0.497. The Morgan fingerprint density at radius 2 is 2.00 bits per heavy atom. The monoisotopic (exact) mass is 318 g/mol. The summed E-state index contributed by atoms with van der Waals surface area (Å²) in [5.41, 5.74) is 0.329. The van der Waals surface area contributed by atoms with Crippen LogP contribution >= 0.6 is 0 Å². The lowest BCUT2D eigenvalue weighted by Crippen LogP contribution is -2.47. The molecule has 0 aliphatic heterocycles. The number of alkyl halides is 3. The maximum absolute atomic E-state index is 12.2. The van der Waals surface area contributed by atoms with E-state index in [0.29, 0.717) is 11.5 Å². The van der Waals surface area contributed by atoms with Gasteiger partial charge < -0.3 is 15.4 Å². The van der Waals surface area contributed by atoms with Crippen LogP contribution in [0.4, 0.5) is 13.2 Å². The first-order valence-corrected chi connectivity index (χ1v) is 6.73. The van der Waals surface area contributed by atoms with Crippen molar-refractivity contribution in [3.05, 3.63) is 23.9 Å². The molecule has 0 spiro atoms. The molecule has 1 rings (SSSR count). The molecule has 2 N–H and O–H groups in total. The number of nitrogens with zero attached hydrogens (tertiary/aromatic N) is 2. The van der Waals surface area contributed by atoms with E-state index in [-0.39, 0.29) is 18.0 Å². The van der Waals surface area contributed by atoms with Crippen LogP contribution in [-0.4, -0.2) is 36.3 Å². The summed E-state index contributed by atoms with van der Waals surface area (Å²) in [6.07, 6.45) is -3.01. The van der Waals surface area contributed by atoms with Gasteiger partial charge in [-0.3, -0.25) is 4.99 Å². The molecule has 22 heavy (non-hydrogen) atoms. The summed E-state index contributed by atoms with van der Waals surface area (Å²) in [6.45, 7) is 4.80. The number of rotatable bonds is 4. The summed E-state index contributed by atoms with van der Waals surface area (Å²) in [4.78, 5) is 7.89. The van der Waals surface area contributed by atoms with Gasteiger partial charge in [-0.25, -0.2) is 4.98 Å². The summed E-state index contributed by atoms with van der Waals surface area (Å²) in [6, 6.07) is 3.29. The first-order chi connectivity index (χ1) is 10.1. The fourth-order valence-corrected chi connectivity index (χ4v) is 1.55. The van der Waals surface area contributed by atoms with Gasteiger partial charge in [0, 0.05) is 30.9 Å². The minimum absolute atomic E-state index is 0.0430. The number of hydrogen-bond acceptors (Lipinski definition) is 3. The molecule has 0 unspecified atom stereocenters. The molecule has 0 aliphatic rings. The lowest BCUT2D eigenvalue weighted by atomic mass is 10.1. The molecule has 0 radical (unpaired) electrons. The van der Waals surface area contributed by atoms with Crippen LogP contribution in [0.25, 0.3) is 0 Å². The molecule has 0 amide bonds. The third-order valence-electron chi connectivity index (χ3n) is 2.39. The zero-order valence-corrected chi connectivity index (χ0v) is 13.1. The van der Waals surface area contributed by atoms with Gasteiger partial charge in [-0.1, -0.05) is 6.07 Å². The Labute approximate surface area is 128 Å². The van der Waals surface area contributed by atoms with E-state index in [4.69, 9.17) is 4.74 Å². The van der Waals surface area contributed by atoms with Crippen LogP contribution in [0.2, 0.25) is 0 Å². The van der Waals surface area contributed by atoms with E-state index < -0.39 is 12.8 Å². The molecule has 5 nitrogen and oxygen atoms in total. The van der Waals surface area contributed by atoms with Gasteiger partial charge in [-0.2, -0.15) is 13.2 Å². The number of ether oxygens (including phenoxy) is 1. The molecular formula is C14H21F3N4O. The zero-order valence-electron chi connectivity index (χ0n) is 13.1. The van der Waals surface area contributed by atoms with Crippen LogP contribution in [0, 0.1) is 0 Å². The average molecular weight is 318 g/mol. The number of hydrogen-bond donors (Lipinski definition) is 2. The van der Waals surface area contributed by atoms with E-state index in [0.717, 1.165) is 0 Å². The Morgan fingerprint density at radius 1 is 1.32 bits per heavy atom. The largest absolute Gasteiger partial charge is 0.468 e. The molecule has 1 heterocycles. The summed E-state index contributed by atoms with van der Waals surface area (Å²) in [7, 11) is 1.62. The Balaban J connectivity index is 2.69. The number of pyridine rings is 1. The van der Waals surface area contributed by atoms with Crippen molar-refractivity contribution in [1.82, 2.24) is 15.6 Å². The highest BCUT2D eigenvalue weighted by atomic mass is 19.4. The van der Waals surface area contributed by atoms with Crippen LogP contribution in [0.3, 0.4) is 0 Å². The maximum atomic E-state index is 12.2. The Hall–Kier alpha value is -1.99. The minimum Gasteiger partial charge on any atom is -0.468 e. The lowest BCUT2D eigenvalue weighted by Gasteiger charge is -2.24. The predicted molar refractivity (Wildman–Crippen MR) is 78.9 cm³/mol. The molecule has 124 valence electrons. The van der Waals surface area contributed by atoms with Crippen molar-refractivity contribution in [3.8, 4) is 5.88 Å². The van der Waals surface area contributed by atoms with Crippen molar-refractivity contribution < 1.29 is 17.9 Å². The summed E-state index contributed by atoms with van der Waals surface area (Å²) < 4.78 is 41.4. The lowest BCUT2D eigenvalue weighted by molar-refractivity contribution is -0.154. The van der Waals surface area contributed by atoms with E-state index >= 15 is 0 Å². The number of guanidine groups is 1. The Kier molecular flexibility index (Phi) is 6.01. The van der Waals surface area contributed by atoms with Gasteiger partial charge in [0.05, 0.1) is 0 Å². The Bertz CT molecular complexity index is 510. The molecular weight excluding hydrogens is 297 g/mol. The molecule has 0 atom stereocenters. The minimum atomic E-state index is -4.40. The number of aromatic nitrogens is 1. The molecule has 8 heteroatoms. The van der Waals surface area contributed by atoms with Crippen LogP contribution in [0.15, 0.2) is 23.3 Å². The molecule has 0 bridgehead atoms. The first-order valence-electron chi connectivity index (χ1n) is 6.73. The van der Waals surface area contributed by atoms with Gasteiger partial charge in [0.1, 0.15) is 0 Å². The molecule has 0 saturated carbocycles. The smallest absolute Gasteiger partial charge is 0.422 e. The van der Waals surface area contributed by atoms with Gasteiger partial charge in [-0.05, 0) is 26.8 Å². The van der Waals surface area contributed by atoms with Crippen molar-refractivity contribution in [2.24, 2.45) is 4.99 Å². The molecule has 0 saturated heterocycles. The molecule has 0 aliphatic carbocycles. The highest BCUT2D eigenvalue weighted by Crippen LogP contribution is 2.19. The number of nitrogens with one attached hydrogen (secondary N) is 2. The zero-order chi connectivity index (χ0) is 16.8. The van der Waals surface area contributed by atoms with Crippen molar-refractivity contribution in [3.63, 3.8) is 0 Å². The second kappa shape index (κ2) is 7.33. The van der Waals surface area contributed by atoms with Crippen molar-refractivity contribution in [2.45, 2.75) is 39.0 Å². The molecule has 1 aromatic heterocycles. The quantitative estimate of drug-likeness (QED) is 0.661. The molecule has 0 fully saturated rings. The maximum Gasteiger partial charge on any atom is 0.422 e. The molecule has 1 aromatic rings. The normalized spacial score (nSPS) is 13.0. The summed E-state index contributed by atoms with van der Waals surface area (Å²) >= 11 is 0. The van der Waals surface area contributed by atoms with Gasteiger partial charge >= 0.3 is 6.18 Å². The first kappa shape index (κ1) is 18.1. The SMILES string of the molecule is CN=C(NCc1cccnc1OCC(F)(F)F)NC(C)(C)C. The number of aliphatic imine (C=N–C) groups is 1. The fraction of sp³-hybridized carbons (Fsp3) is 0.571. The van der Waals surface area contributed by atoms with Crippen molar-refractivity contribution in [1.29, 1.82) is 0 Å². The number of halogens is 3. The van der Waals surface area contributed by atoms with E-state index in [1.54, 1.807) is 19.2 Å². The Morgan fingerprint density at radius 3 is 2.55 bits per heavy atom. The van der Waals surface area contributed by atoms with Crippen LogP contribution in [0.1, 0.15) is 26.3 Å². The van der Waals surface area contributed by atoms with Gasteiger partial charge in [0.15, 0.2) is 12.6 Å². The van der Waals surface area contributed by atoms with E-state index in [1.807, 2.05) is 20.8 Å². The standard InChI is InChI=1S/C14H21F3N4O/c1-13(2,3)21-12(18-4)20-8-10-6-5-7-19-11(10)22-9-14(15,16)17/h5-7H,8-9H2,1-4H3,(H2,18,20,21). The van der Waals surface area contributed by atoms with Crippen molar-refractivity contribution in [2.75, 3.05) is 13.7 Å². The average Bonchev–Trinajstić information content (AvgIpc) is 2.40. The third kappa shape index (κ3) is 7.14. The van der Waals surface area contributed by atoms with Gasteiger partial charge in [0.25, 0.3) is 0 Å². The van der Waals surface area contributed by atoms with E-state index in [1.165, 1.54) is 6.20 Å². The van der Waals surface area contributed by atoms with Crippen LogP contribution in [0.5, 0.6) is 5.88 Å². The fourth-order valence-electron chi connectivity index (χ4n) is 1.55. The van der Waals surface area contributed by atoms with Gasteiger partial charge in [-0.15, -0.1) is 0 Å². The molecule has 0 aromatic carbocycles. The van der Waals surface area contributed by atoms with E-state index in [9.17, 15) is 13.2 Å². The van der Waals surface area contributed by atoms with Gasteiger partial charge in [0.2, 0.25) is 5.88 Å². The predicted octanol–water partition coefficient (Wildman–Crippen LogP) is 2.49. The van der Waals surface area contributed by atoms with E-state index in [2.05, 4.69) is 20.6 Å². The topological polar surface area (TPSA) is 58.5 Å².